The number of unbranched alkanes of at least 4 members (excludes halogenated alkanes) is 2. The third-order valence-corrected chi connectivity index (χ3v) is 9.69. The Morgan fingerprint density at radius 1 is 0.821 bits per heavy atom. The first-order valence-electron chi connectivity index (χ1n) is 13.8. The maximum atomic E-state index is 10.6. The Balaban J connectivity index is 0.00000420. The molecule has 1 atom stereocenters. The molecule has 0 spiro atoms. The summed E-state index contributed by atoms with van der Waals surface area (Å²) in [6, 6.07) is 13.0. The van der Waals surface area contributed by atoms with Gasteiger partial charge in [0.1, 0.15) is 4.75 Å². The highest BCUT2D eigenvalue weighted by Crippen LogP contribution is 2.48. The molecule has 1 saturated carbocycles. The summed E-state index contributed by atoms with van der Waals surface area (Å²) in [7, 11) is 6.68. The molecule has 2 aliphatic rings. The van der Waals surface area contributed by atoms with E-state index in [4.69, 9.17) is 18.9 Å². The van der Waals surface area contributed by atoms with E-state index in [0.717, 1.165) is 62.4 Å². The predicted octanol–water partition coefficient (Wildman–Crippen LogP) is 7.50. The molecule has 0 saturated heterocycles. The number of nitriles is 1. The van der Waals surface area contributed by atoms with Crippen LogP contribution in [0.3, 0.4) is 0 Å². The van der Waals surface area contributed by atoms with Crippen molar-refractivity contribution in [3.63, 3.8) is 0 Å². The lowest BCUT2D eigenvalue weighted by Crippen LogP contribution is -2.25. The Labute approximate surface area is 244 Å². The third kappa shape index (κ3) is 7.48. The summed E-state index contributed by atoms with van der Waals surface area (Å²) < 4.78 is 21.5. The largest absolute Gasteiger partial charge is 0.493 e. The Morgan fingerprint density at radius 3 is 1.97 bits per heavy atom. The van der Waals surface area contributed by atoms with Gasteiger partial charge in [-0.15, -0.1) is 24.2 Å². The Kier molecular flexibility index (Phi) is 12.0. The number of ether oxygens (including phenoxy) is 4. The van der Waals surface area contributed by atoms with Gasteiger partial charge in [-0.05, 0) is 73.2 Å². The summed E-state index contributed by atoms with van der Waals surface area (Å²) in [6.07, 6.45) is 10.3. The number of halogens is 1. The van der Waals surface area contributed by atoms with E-state index in [-0.39, 0.29) is 12.4 Å². The Hall–Kier alpha value is -2.27. The standard InChI is InChI=1S/C31H42N2O4S.ClH/c1-34-27-14-13-25(19-30(27)37-4)31(22-32,38-26-11-7-5-8-12-26)15-9-6-10-16-33-20-23-17-28(35-2)29(36-3)18-24(23)21-33;/h13-14,17-19,26H,5-12,15-16,20-21H2,1-4H3;1H. The number of benzene rings is 2. The number of hydrogen-bond acceptors (Lipinski definition) is 7. The van der Waals surface area contributed by atoms with E-state index in [0.29, 0.717) is 16.7 Å². The van der Waals surface area contributed by atoms with Crippen LogP contribution in [0, 0.1) is 11.3 Å². The topological polar surface area (TPSA) is 64.0 Å². The van der Waals surface area contributed by atoms with Gasteiger partial charge in [-0.25, -0.2) is 0 Å². The van der Waals surface area contributed by atoms with E-state index in [9.17, 15) is 5.26 Å². The fraction of sp³-hybridized carbons (Fsp3) is 0.581. The molecule has 214 valence electrons. The van der Waals surface area contributed by atoms with Gasteiger partial charge in [0.2, 0.25) is 0 Å². The summed E-state index contributed by atoms with van der Waals surface area (Å²) in [6.45, 7) is 2.94. The van der Waals surface area contributed by atoms with E-state index < -0.39 is 4.75 Å². The molecule has 0 bridgehead atoms. The Morgan fingerprint density at radius 2 is 1.41 bits per heavy atom. The number of methoxy groups -OCH3 is 4. The van der Waals surface area contributed by atoms with Crippen molar-refractivity contribution in [2.45, 2.75) is 80.9 Å². The van der Waals surface area contributed by atoms with Gasteiger partial charge in [0.05, 0.1) is 34.5 Å². The summed E-state index contributed by atoms with van der Waals surface area (Å²) in [5.74, 6) is 2.99. The van der Waals surface area contributed by atoms with Crippen LogP contribution < -0.4 is 18.9 Å². The number of thioether (sulfide) groups is 1. The molecule has 0 radical (unpaired) electrons. The fourth-order valence-corrected chi connectivity index (χ4v) is 7.53. The van der Waals surface area contributed by atoms with Crippen LogP contribution in [0.1, 0.15) is 74.5 Å². The van der Waals surface area contributed by atoms with E-state index in [1.165, 1.54) is 43.2 Å². The molecule has 2 aromatic carbocycles. The normalized spacial score (nSPS) is 16.9. The zero-order valence-corrected chi connectivity index (χ0v) is 25.4. The summed E-state index contributed by atoms with van der Waals surface area (Å²) in [5.41, 5.74) is 3.68. The summed E-state index contributed by atoms with van der Waals surface area (Å²) in [4.78, 5) is 2.49. The molecule has 1 aliphatic heterocycles. The van der Waals surface area contributed by atoms with Crippen molar-refractivity contribution in [3.8, 4) is 29.1 Å². The van der Waals surface area contributed by atoms with Gasteiger partial charge in [0.25, 0.3) is 0 Å². The molecule has 4 rings (SSSR count). The molecular weight excluding hydrogens is 532 g/mol. The van der Waals surface area contributed by atoms with Crippen molar-refractivity contribution in [2.75, 3.05) is 35.0 Å². The van der Waals surface area contributed by atoms with Crippen molar-refractivity contribution in [3.05, 3.63) is 47.0 Å². The fourth-order valence-electron chi connectivity index (χ4n) is 5.81. The van der Waals surface area contributed by atoms with E-state index in [1.807, 2.05) is 23.9 Å². The van der Waals surface area contributed by atoms with Crippen molar-refractivity contribution in [2.24, 2.45) is 0 Å². The van der Waals surface area contributed by atoms with Crippen LogP contribution in [0.4, 0.5) is 0 Å². The van der Waals surface area contributed by atoms with Crippen LogP contribution in [0.5, 0.6) is 23.0 Å². The number of hydrogen-bond donors (Lipinski definition) is 0. The third-order valence-electron chi connectivity index (χ3n) is 7.95. The zero-order valence-electron chi connectivity index (χ0n) is 23.8. The zero-order chi connectivity index (χ0) is 27.0. The van der Waals surface area contributed by atoms with Crippen LogP contribution in [0.2, 0.25) is 0 Å². The van der Waals surface area contributed by atoms with Gasteiger partial charge in [-0.2, -0.15) is 5.26 Å². The second kappa shape index (κ2) is 14.9. The van der Waals surface area contributed by atoms with Crippen LogP contribution in [-0.4, -0.2) is 45.1 Å². The lowest BCUT2D eigenvalue weighted by molar-refractivity contribution is 0.276. The first kappa shape index (κ1) is 31.3. The molecule has 0 amide bonds. The van der Waals surface area contributed by atoms with Crippen molar-refractivity contribution in [1.82, 2.24) is 4.90 Å². The molecule has 6 nitrogen and oxygen atoms in total. The molecule has 1 fully saturated rings. The average Bonchev–Trinajstić information content (AvgIpc) is 3.37. The second-order valence-corrected chi connectivity index (χ2v) is 12.0. The quantitative estimate of drug-likeness (QED) is 0.229. The predicted molar refractivity (Wildman–Crippen MR) is 161 cm³/mol. The minimum absolute atomic E-state index is 0. The number of rotatable bonds is 13. The SMILES string of the molecule is COc1ccc(C(C#N)(CCCCCN2Cc3cc(OC)c(OC)cc3C2)SC2CCCCC2)cc1OC.Cl. The van der Waals surface area contributed by atoms with Gasteiger partial charge in [-0.1, -0.05) is 38.2 Å². The molecule has 1 heterocycles. The second-order valence-electron chi connectivity index (χ2n) is 10.4. The lowest BCUT2D eigenvalue weighted by atomic mass is 9.92. The van der Waals surface area contributed by atoms with Crippen LogP contribution >= 0.6 is 24.2 Å². The number of fused-ring (bicyclic) bond motifs is 1. The molecule has 8 heteroatoms. The highest BCUT2D eigenvalue weighted by atomic mass is 35.5. The molecule has 1 aliphatic carbocycles. The van der Waals surface area contributed by atoms with E-state index >= 15 is 0 Å². The summed E-state index contributed by atoms with van der Waals surface area (Å²) >= 11 is 1.89. The minimum Gasteiger partial charge on any atom is -0.493 e. The lowest BCUT2D eigenvalue weighted by Gasteiger charge is -2.33. The number of nitrogens with zero attached hydrogens (tertiary/aromatic N) is 2. The minimum atomic E-state index is -0.571. The van der Waals surface area contributed by atoms with Crippen molar-refractivity contribution in [1.29, 1.82) is 5.26 Å². The van der Waals surface area contributed by atoms with Crippen LogP contribution in [-0.2, 0) is 17.8 Å². The molecular formula is C31H43ClN2O4S. The first-order chi connectivity index (χ1) is 18.5. The van der Waals surface area contributed by atoms with Gasteiger partial charge in [-0.3, -0.25) is 4.90 Å². The molecule has 39 heavy (non-hydrogen) atoms. The molecule has 0 aromatic heterocycles. The maximum absolute atomic E-state index is 10.6. The van der Waals surface area contributed by atoms with Gasteiger partial charge >= 0.3 is 0 Å². The van der Waals surface area contributed by atoms with Gasteiger partial charge < -0.3 is 18.9 Å². The highest BCUT2D eigenvalue weighted by Gasteiger charge is 2.37. The summed E-state index contributed by atoms with van der Waals surface area (Å²) in [5, 5.41) is 11.1. The smallest absolute Gasteiger partial charge is 0.161 e. The first-order valence-corrected chi connectivity index (χ1v) is 14.7. The average molecular weight is 575 g/mol. The van der Waals surface area contributed by atoms with E-state index in [2.05, 4.69) is 29.2 Å². The van der Waals surface area contributed by atoms with Crippen LogP contribution in [0.15, 0.2) is 30.3 Å². The monoisotopic (exact) mass is 574 g/mol. The van der Waals surface area contributed by atoms with Gasteiger partial charge in [0.15, 0.2) is 23.0 Å². The van der Waals surface area contributed by atoms with Crippen LogP contribution in [0.25, 0.3) is 0 Å². The van der Waals surface area contributed by atoms with Crippen molar-refractivity contribution < 1.29 is 18.9 Å². The highest BCUT2D eigenvalue weighted by molar-refractivity contribution is 8.01. The molecule has 0 N–H and O–H groups in total. The van der Waals surface area contributed by atoms with E-state index in [1.54, 1.807) is 28.4 Å². The van der Waals surface area contributed by atoms with Crippen molar-refractivity contribution >= 4 is 24.2 Å². The molecule has 1 unspecified atom stereocenters. The molecule has 2 aromatic rings. The Bertz CT molecular complexity index is 1090. The van der Waals surface area contributed by atoms with Gasteiger partial charge in [0, 0.05) is 18.3 Å². The maximum Gasteiger partial charge on any atom is 0.161 e.